The Bertz CT molecular complexity index is 1140. The van der Waals surface area contributed by atoms with Crippen LogP contribution in [0, 0.1) is 0 Å². The number of hydrogen-bond donors (Lipinski definition) is 0. The lowest BCUT2D eigenvalue weighted by molar-refractivity contribution is 0.0596. The van der Waals surface area contributed by atoms with Crippen molar-refractivity contribution in [3.05, 3.63) is 88.3 Å². The molecule has 0 unspecified atom stereocenters. The van der Waals surface area contributed by atoms with Crippen LogP contribution in [0.4, 0.5) is 0 Å². The molecular formula is C23H23BrN2O4S. The number of piperazine rings is 1. The molecule has 8 heteroatoms. The van der Waals surface area contributed by atoms with Crippen LogP contribution >= 0.6 is 15.9 Å². The second-order valence-electron chi connectivity index (χ2n) is 7.53. The maximum Gasteiger partial charge on any atom is 0.289 e. The molecule has 2 heterocycles. The van der Waals surface area contributed by atoms with Gasteiger partial charge in [0.05, 0.1) is 4.90 Å². The van der Waals surface area contributed by atoms with Crippen molar-refractivity contribution in [3.8, 4) is 0 Å². The van der Waals surface area contributed by atoms with Crippen LogP contribution in [-0.4, -0.2) is 50.3 Å². The van der Waals surface area contributed by atoms with E-state index in [0.717, 1.165) is 24.1 Å². The van der Waals surface area contributed by atoms with E-state index in [1.165, 1.54) is 5.56 Å². The summed E-state index contributed by atoms with van der Waals surface area (Å²) in [5, 5.41) is 0. The van der Waals surface area contributed by atoms with Crippen molar-refractivity contribution in [3.63, 3.8) is 0 Å². The van der Waals surface area contributed by atoms with Gasteiger partial charge in [0.15, 0.2) is 15.6 Å². The molecule has 162 valence electrons. The highest BCUT2D eigenvalue weighted by molar-refractivity contribution is 9.10. The molecule has 0 aliphatic carbocycles. The normalized spacial score (nSPS) is 15.2. The molecule has 3 aromatic rings. The van der Waals surface area contributed by atoms with Gasteiger partial charge < -0.3 is 9.32 Å². The van der Waals surface area contributed by atoms with Crippen molar-refractivity contribution >= 4 is 31.7 Å². The molecule has 1 aliphatic rings. The Morgan fingerprint density at radius 1 is 0.903 bits per heavy atom. The first-order valence-electron chi connectivity index (χ1n) is 10.0. The van der Waals surface area contributed by atoms with Crippen LogP contribution in [0.25, 0.3) is 0 Å². The fraction of sp³-hybridized carbons (Fsp3) is 0.261. The molecule has 0 saturated carbocycles. The van der Waals surface area contributed by atoms with E-state index in [1.54, 1.807) is 41.3 Å². The Kier molecular flexibility index (Phi) is 6.60. The van der Waals surface area contributed by atoms with Gasteiger partial charge in [0, 0.05) is 37.2 Å². The minimum atomic E-state index is -3.55. The summed E-state index contributed by atoms with van der Waals surface area (Å²) in [4.78, 5) is 17.1. The summed E-state index contributed by atoms with van der Waals surface area (Å²) < 4.78 is 31.6. The van der Waals surface area contributed by atoms with Gasteiger partial charge in [-0.3, -0.25) is 9.69 Å². The summed E-state index contributed by atoms with van der Waals surface area (Å²) in [5.74, 6) is -0.0506. The number of carbonyl (C=O) groups is 1. The molecule has 1 saturated heterocycles. The van der Waals surface area contributed by atoms with Crippen LogP contribution < -0.4 is 0 Å². The topological polar surface area (TPSA) is 70.8 Å². The van der Waals surface area contributed by atoms with Crippen molar-refractivity contribution in [2.75, 3.05) is 26.2 Å². The highest BCUT2D eigenvalue weighted by atomic mass is 79.9. The van der Waals surface area contributed by atoms with Crippen LogP contribution in [-0.2, 0) is 22.1 Å². The SMILES string of the molecule is O=C(c1ccc(CS(=O)(=O)c2ccc(Br)cc2)o1)N1CCN(Cc2ccccc2)CC1. The number of halogens is 1. The molecule has 0 spiro atoms. The zero-order valence-electron chi connectivity index (χ0n) is 16.9. The van der Waals surface area contributed by atoms with Gasteiger partial charge in [0.25, 0.3) is 5.91 Å². The number of carbonyl (C=O) groups excluding carboxylic acids is 1. The largest absolute Gasteiger partial charge is 0.455 e. The van der Waals surface area contributed by atoms with E-state index in [-0.39, 0.29) is 28.1 Å². The van der Waals surface area contributed by atoms with Gasteiger partial charge in [-0.15, -0.1) is 0 Å². The van der Waals surface area contributed by atoms with Crippen molar-refractivity contribution in [1.29, 1.82) is 0 Å². The first kappa shape index (κ1) is 21.8. The van der Waals surface area contributed by atoms with E-state index >= 15 is 0 Å². The second-order valence-corrected chi connectivity index (χ2v) is 10.4. The monoisotopic (exact) mass is 502 g/mol. The number of nitrogens with zero attached hydrogens (tertiary/aromatic N) is 2. The van der Waals surface area contributed by atoms with E-state index in [2.05, 4.69) is 33.0 Å². The highest BCUT2D eigenvalue weighted by Gasteiger charge is 2.25. The molecule has 4 rings (SSSR count). The minimum absolute atomic E-state index is 0.178. The summed E-state index contributed by atoms with van der Waals surface area (Å²) >= 11 is 3.30. The molecule has 0 radical (unpaired) electrons. The number of amides is 1. The van der Waals surface area contributed by atoms with E-state index in [4.69, 9.17) is 4.42 Å². The Morgan fingerprint density at radius 3 is 2.26 bits per heavy atom. The average molecular weight is 503 g/mol. The molecular weight excluding hydrogens is 480 g/mol. The maximum atomic E-state index is 12.8. The van der Waals surface area contributed by atoms with E-state index in [1.807, 2.05) is 18.2 Å². The van der Waals surface area contributed by atoms with E-state index in [0.29, 0.717) is 13.1 Å². The molecule has 6 nitrogen and oxygen atoms in total. The first-order chi connectivity index (χ1) is 14.9. The summed E-state index contributed by atoms with van der Waals surface area (Å²) in [6, 6.07) is 19.8. The molecule has 0 bridgehead atoms. The van der Waals surface area contributed by atoms with Crippen LogP contribution in [0.2, 0.25) is 0 Å². The van der Waals surface area contributed by atoms with Gasteiger partial charge in [-0.05, 0) is 42.0 Å². The Hall–Kier alpha value is -2.42. The summed E-state index contributed by atoms with van der Waals surface area (Å²) in [6.07, 6.45) is 0. The van der Waals surface area contributed by atoms with Crippen LogP contribution in [0.3, 0.4) is 0 Å². The fourth-order valence-electron chi connectivity index (χ4n) is 3.59. The number of furan rings is 1. The van der Waals surface area contributed by atoms with Crippen LogP contribution in [0.1, 0.15) is 21.9 Å². The van der Waals surface area contributed by atoms with Gasteiger partial charge in [0.2, 0.25) is 0 Å². The molecule has 1 amide bonds. The third-order valence-electron chi connectivity index (χ3n) is 5.29. The van der Waals surface area contributed by atoms with Crippen LogP contribution in [0.15, 0.2) is 80.5 Å². The van der Waals surface area contributed by atoms with Crippen LogP contribution in [0.5, 0.6) is 0 Å². The molecule has 2 aromatic carbocycles. The van der Waals surface area contributed by atoms with Gasteiger partial charge in [-0.1, -0.05) is 46.3 Å². The van der Waals surface area contributed by atoms with Crippen molar-refractivity contribution in [2.45, 2.75) is 17.2 Å². The maximum absolute atomic E-state index is 12.8. The van der Waals surface area contributed by atoms with E-state index in [9.17, 15) is 13.2 Å². The molecule has 0 atom stereocenters. The van der Waals surface area contributed by atoms with Crippen molar-refractivity contribution in [2.24, 2.45) is 0 Å². The first-order valence-corrected chi connectivity index (χ1v) is 12.5. The average Bonchev–Trinajstić information content (AvgIpc) is 3.22. The summed E-state index contributed by atoms with van der Waals surface area (Å²) in [6.45, 7) is 3.65. The summed E-state index contributed by atoms with van der Waals surface area (Å²) in [5.41, 5.74) is 1.25. The van der Waals surface area contributed by atoms with Crippen molar-refractivity contribution < 1.29 is 17.6 Å². The molecule has 0 N–H and O–H groups in total. The van der Waals surface area contributed by atoms with Gasteiger partial charge in [0.1, 0.15) is 11.5 Å². The lowest BCUT2D eigenvalue weighted by atomic mass is 10.2. The third kappa shape index (κ3) is 5.44. The zero-order chi connectivity index (χ0) is 21.8. The predicted molar refractivity (Wildman–Crippen MR) is 121 cm³/mol. The van der Waals surface area contributed by atoms with Crippen molar-refractivity contribution in [1.82, 2.24) is 9.80 Å². The standard InChI is InChI=1S/C23H23BrN2O4S/c24-19-6-9-21(10-7-19)31(28,29)17-20-8-11-22(30-20)23(27)26-14-12-25(13-15-26)16-18-4-2-1-3-5-18/h1-11H,12-17H2. The molecule has 1 fully saturated rings. The molecule has 1 aliphatic heterocycles. The molecule has 1 aromatic heterocycles. The fourth-order valence-corrected chi connectivity index (χ4v) is 5.10. The lowest BCUT2D eigenvalue weighted by Gasteiger charge is -2.34. The minimum Gasteiger partial charge on any atom is -0.455 e. The third-order valence-corrected chi connectivity index (χ3v) is 7.47. The Balaban J connectivity index is 1.35. The van der Waals surface area contributed by atoms with Gasteiger partial charge >= 0.3 is 0 Å². The number of rotatable bonds is 6. The van der Waals surface area contributed by atoms with Gasteiger partial charge in [-0.25, -0.2) is 8.42 Å². The quantitative estimate of drug-likeness (QED) is 0.509. The van der Waals surface area contributed by atoms with E-state index < -0.39 is 9.84 Å². The lowest BCUT2D eigenvalue weighted by Crippen LogP contribution is -2.48. The number of hydrogen-bond acceptors (Lipinski definition) is 5. The highest BCUT2D eigenvalue weighted by Crippen LogP contribution is 2.21. The Labute approximate surface area is 190 Å². The van der Waals surface area contributed by atoms with Gasteiger partial charge in [-0.2, -0.15) is 0 Å². The number of benzene rings is 2. The smallest absolute Gasteiger partial charge is 0.289 e. The second kappa shape index (κ2) is 9.38. The number of sulfone groups is 1. The Morgan fingerprint density at radius 2 is 1.58 bits per heavy atom. The predicted octanol–water partition coefficient (Wildman–Crippen LogP) is 3.97. The summed E-state index contributed by atoms with van der Waals surface area (Å²) in [7, 11) is -3.55. The molecule has 31 heavy (non-hydrogen) atoms. The zero-order valence-corrected chi connectivity index (χ0v) is 19.3.